The number of hydrogen-bond acceptors (Lipinski definition) is 5. The maximum Gasteiger partial charge on any atom is 0.306 e. The summed E-state index contributed by atoms with van der Waals surface area (Å²) in [6.07, 6.45) is 44.6. The van der Waals surface area contributed by atoms with Gasteiger partial charge in [0, 0.05) is 6.42 Å². The van der Waals surface area contributed by atoms with Crippen LogP contribution in [0.3, 0.4) is 0 Å². The number of nitrogens with one attached hydrogen (secondary N) is 1. The van der Waals surface area contributed by atoms with Crippen molar-refractivity contribution in [2.24, 2.45) is 0 Å². The molecule has 0 saturated carbocycles. The Morgan fingerprint density at radius 2 is 1.06 bits per heavy atom. The van der Waals surface area contributed by atoms with E-state index in [-0.39, 0.29) is 24.9 Å². The molecule has 0 aromatic rings. The van der Waals surface area contributed by atoms with Crippen molar-refractivity contribution in [2.45, 2.75) is 219 Å². The molecule has 1 amide bonds. The van der Waals surface area contributed by atoms with Crippen LogP contribution in [0.5, 0.6) is 0 Å². The molecule has 3 atom stereocenters. The van der Waals surface area contributed by atoms with Crippen LogP contribution in [0.1, 0.15) is 201 Å². The van der Waals surface area contributed by atoms with Gasteiger partial charge in [0.1, 0.15) is 6.10 Å². The average molecular weight is 716 g/mol. The minimum absolute atomic E-state index is 0.0329. The lowest BCUT2D eigenvalue weighted by molar-refractivity contribution is -0.151. The molecule has 0 aliphatic rings. The number of aliphatic hydroxyl groups is 2. The number of unbranched alkanes of at least 4 members (excludes halogenated alkanes) is 20. The highest BCUT2D eigenvalue weighted by Gasteiger charge is 2.23. The molecule has 296 valence electrons. The molecule has 0 bridgehead atoms. The molecule has 3 unspecified atom stereocenters. The van der Waals surface area contributed by atoms with Crippen LogP contribution in [-0.4, -0.2) is 46.9 Å². The lowest BCUT2D eigenvalue weighted by Crippen LogP contribution is -2.46. The first-order valence-corrected chi connectivity index (χ1v) is 21.4. The molecule has 6 heteroatoms. The van der Waals surface area contributed by atoms with E-state index in [0.717, 1.165) is 57.8 Å². The van der Waals surface area contributed by atoms with E-state index >= 15 is 0 Å². The second-order valence-electron chi connectivity index (χ2n) is 14.5. The van der Waals surface area contributed by atoms with Crippen LogP contribution < -0.4 is 5.32 Å². The number of aliphatic hydroxyl groups excluding tert-OH is 2. The summed E-state index contributed by atoms with van der Waals surface area (Å²) in [7, 11) is 0. The van der Waals surface area contributed by atoms with Crippen LogP contribution in [0, 0.1) is 0 Å². The maximum atomic E-state index is 13.1. The van der Waals surface area contributed by atoms with Gasteiger partial charge >= 0.3 is 5.97 Å². The fraction of sp³-hybridized carbons (Fsp3) is 0.778. The molecule has 0 radical (unpaired) electrons. The maximum absolute atomic E-state index is 13.1. The van der Waals surface area contributed by atoms with Crippen molar-refractivity contribution in [3.8, 4) is 0 Å². The molecule has 0 aliphatic heterocycles. The van der Waals surface area contributed by atoms with E-state index in [1.165, 1.54) is 96.3 Å². The normalized spacial score (nSPS) is 13.9. The Bertz CT molecular complexity index is 895. The van der Waals surface area contributed by atoms with E-state index < -0.39 is 18.2 Å². The Morgan fingerprint density at radius 3 is 1.57 bits per heavy atom. The third kappa shape index (κ3) is 34.7. The van der Waals surface area contributed by atoms with Crippen molar-refractivity contribution in [3.05, 3.63) is 48.6 Å². The topological polar surface area (TPSA) is 95.9 Å². The van der Waals surface area contributed by atoms with Gasteiger partial charge in [0.25, 0.3) is 0 Å². The summed E-state index contributed by atoms with van der Waals surface area (Å²) in [6, 6.07) is -0.718. The fourth-order valence-electron chi connectivity index (χ4n) is 6.27. The number of hydrogen-bond donors (Lipinski definition) is 3. The molecule has 3 N–H and O–H groups in total. The van der Waals surface area contributed by atoms with E-state index in [1.54, 1.807) is 0 Å². The zero-order chi connectivity index (χ0) is 37.5. The van der Waals surface area contributed by atoms with Crippen LogP contribution in [0.4, 0.5) is 0 Å². The molecule has 0 spiro atoms. The summed E-state index contributed by atoms with van der Waals surface area (Å²) in [5, 5.41) is 23.5. The summed E-state index contributed by atoms with van der Waals surface area (Å²) in [5.74, 6) is -0.545. The summed E-state index contributed by atoms with van der Waals surface area (Å²) in [6.45, 7) is 6.27. The first-order valence-electron chi connectivity index (χ1n) is 21.4. The lowest BCUT2D eigenvalue weighted by Gasteiger charge is -2.24. The van der Waals surface area contributed by atoms with Crippen molar-refractivity contribution in [1.29, 1.82) is 0 Å². The van der Waals surface area contributed by atoms with Crippen LogP contribution in [0.15, 0.2) is 48.6 Å². The fourth-order valence-corrected chi connectivity index (χ4v) is 6.27. The zero-order valence-electron chi connectivity index (χ0n) is 33.5. The minimum atomic E-state index is -0.800. The van der Waals surface area contributed by atoms with Gasteiger partial charge in [0.15, 0.2) is 0 Å². The highest BCUT2D eigenvalue weighted by Crippen LogP contribution is 2.16. The molecule has 0 saturated heterocycles. The zero-order valence-corrected chi connectivity index (χ0v) is 33.5. The Labute approximate surface area is 315 Å². The molecule has 0 heterocycles. The van der Waals surface area contributed by atoms with Crippen molar-refractivity contribution < 1.29 is 24.5 Å². The molecule has 0 fully saturated rings. The van der Waals surface area contributed by atoms with Crippen LogP contribution in [-0.2, 0) is 14.3 Å². The van der Waals surface area contributed by atoms with Gasteiger partial charge in [-0.25, -0.2) is 0 Å². The second-order valence-corrected chi connectivity index (χ2v) is 14.5. The average Bonchev–Trinajstić information content (AvgIpc) is 3.12. The molecule has 51 heavy (non-hydrogen) atoms. The number of rotatable bonds is 37. The van der Waals surface area contributed by atoms with Gasteiger partial charge in [-0.05, 0) is 38.5 Å². The minimum Gasteiger partial charge on any atom is -0.462 e. The first kappa shape index (κ1) is 48.8. The van der Waals surface area contributed by atoms with Crippen molar-refractivity contribution >= 4 is 11.9 Å². The molecule has 0 rings (SSSR count). The van der Waals surface area contributed by atoms with Crippen LogP contribution in [0.25, 0.3) is 0 Å². The van der Waals surface area contributed by atoms with Gasteiger partial charge < -0.3 is 20.3 Å². The Kier molecular flexibility index (Phi) is 37.4. The molecule has 0 aliphatic carbocycles. The lowest BCUT2D eigenvalue weighted by atomic mass is 10.0. The summed E-state index contributed by atoms with van der Waals surface area (Å²) in [5.41, 5.74) is 0. The van der Waals surface area contributed by atoms with Crippen LogP contribution >= 0.6 is 0 Å². The van der Waals surface area contributed by atoms with Gasteiger partial charge in [0.2, 0.25) is 5.91 Å². The standard InChI is InChI=1S/C45H81NO5/c1-4-7-10-13-16-19-22-24-27-30-33-36-41(51-45(50)38-35-32-29-26-21-18-15-12-9-6-3)39-44(49)46-42(40-47)43(48)37-34-31-28-25-23-20-17-14-11-8-5-2/h7,10,13,16,19,22,24,27,41-43,47-48H,4-6,8-9,11-12,14-15,17-18,20-21,23,25-26,28-40H2,1-3H3,(H,46,49)/b10-7+,16-13+,22-19-,27-24-. The smallest absolute Gasteiger partial charge is 0.306 e. The highest BCUT2D eigenvalue weighted by atomic mass is 16.5. The van der Waals surface area contributed by atoms with Gasteiger partial charge in [0.05, 0.1) is 25.2 Å². The Morgan fingerprint density at radius 1 is 0.588 bits per heavy atom. The third-order valence-electron chi connectivity index (χ3n) is 9.52. The number of ether oxygens (including phenoxy) is 1. The van der Waals surface area contributed by atoms with Crippen molar-refractivity contribution in [2.75, 3.05) is 6.61 Å². The largest absolute Gasteiger partial charge is 0.462 e. The van der Waals surface area contributed by atoms with Gasteiger partial charge in [-0.15, -0.1) is 0 Å². The monoisotopic (exact) mass is 716 g/mol. The predicted octanol–water partition coefficient (Wildman–Crippen LogP) is 11.9. The Hall–Kier alpha value is -2.18. The number of allylic oxidation sites excluding steroid dienone is 8. The van der Waals surface area contributed by atoms with E-state index in [4.69, 9.17) is 4.74 Å². The van der Waals surface area contributed by atoms with Gasteiger partial charge in [-0.1, -0.05) is 198 Å². The first-order chi connectivity index (χ1) is 25.0. The quantitative estimate of drug-likeness (QED) is 0.0338. The van der Waals surface area contributed by atoms with Crippen molar-refractivity contribution in [1.82, 2.24) is 5.32 Å². The number of esters is 1. The second kappa shape index (κ2) is 39.0. The molecular weight excluding hydrogens is 634 g/mol. The number of carbonyl (C=O) groups excluding carboxylic acids is 2. The molecule has 6 nitrogen and oxygen atoms in total. The van der Waals surface area contributed by atoms with Gasteiger partial charge in [-0.2, -0.15) is 0 Å². The highest BCUT2D eigenvalue weighted by molar-refractivity contribution is 5.77. The molecular formula is C45H81NO5. The third-order valence-corrected chi connectivity index (χ3v) is 9.52. The summed E-state index contributed by atoms with van der Waals surface area (Å²) in [4.78, 5) is 25.8. The molecule has 0 aromatic carbocycles. The number of amides is 1. The van der Waals surface area contributed by atoms with E-state index in [1.807, 2.05) is 36.5 Å². The summed E-state index contributed by atoms with van der Waals surface area (Å²) < 4.78 is 5.84. The Balaban J connectivity index is 4.69. The SMILES string of the molecule is CC/C=C/C=C/C=C\C=C/CCCC(CC(=O)NC(CO)C(O)CCCCCCCCCCCCC)OC(=O)CCCCCCCCCCCC. The summed E-state index contributed by atoms with van der Waals surface area (Å²) >= 11 is 0. The molecule has 0 aromatic heterocycles. The van der Waals surface area contributed by atoms with Gasteiger partial charge in [-0.3, -0.25) is 9.59 Å². The van der Waals surface area contributed by atoms with E-state index in [9.17, 15) is 19.8 Å². The van der Waals surface area contributed by atoms with E-state index in [2.05, 4.69) is 38.2 Å². The van der Waals surface area contributed by atoms with Crippen LogP contribution in [0.2, 0.25) is 0 Å². The number of carbonyl (C=O) groups is 2. The van der Waals surface area contributed by atoms with E-state index in [0.29, 0.717) is 19.3 Å². The van der Waals surface area contributed by atoms with Crippen molar-refractivity contribution in [3.63, 3.8) is 0 Å². The predicted molar refractivity (Wildman–Crippen MR) is 218 cm³/mol.